The molecule has 1 heterocycles. The Hall–Kier alpha value is -2.05. The van der Waals surface area contributed by atoms with Crippen LogP contribution >= 0.6 is 11.6 Å². The molecular weight excluding hydrogens is 348 g/mol. The van der Waals surface area contributed by atoms with Crippen molar-refractivity contribution in [2.24, 2.45) is 0 Å². The summed E-state index contributed by atoms with van der Waals surface area (Å²) in [4.78, 5) is 13.4. The van der Waals surface area contributed by atoms with E-state index in [1.807, 2.05) is 6.92 Å². The fraction of sp³-hybridized carbons (Fsp3) is 0.235. The number of rotatable bonds is 3. The molecule has 0 atom stereocenters. The number of carbonyl (C=O) groups is 1. The van der Waals surface area contributed by atoms with Crippen LogP contribution in [-0.2, 0) is 21.2 Å². The maximum atomic E-state index is 12.5. The minimum atomic E-state index is -3.72. The van der Waals surface area contributed by atoms with Gasteiger partial charge in [0.25, 0.3) is 10.0 Å². The second-order valence-electron chi connectivity index (χ2n) is 5.81. The monoisotopic (exact) mass is 364 g/mol. The van der Waals surface area contributed by atoms with Crippen LogP contribution in [0, 0.1) is 6.92 Å². The fourth-order valence-electron chi connectivity index (χ4n) is 2.67. The molecule has 0 radical (unpaired) electrons. The molecule has 0 saturated heterocycles. The third-order valence-electron chi connectivity index (χ3n) is 4.13. The Morgan fingerprint density at radius 2 is 1.88 bits per heavy atom. The van der Waals surface area contributed by atoms with Gasteiger partial charge in [-0.25, -0.2) is 8.42 Å². The highest BCUT2D eigenvalue weighted by Crippen LogP contribution is 2.30. The summed E-state index contributed by atoms with van der Waals surface area (Å²) in [6, 6.07) is 9.81. The van der Waals surface area contributed by atoms with Crippen LogP contribution in [0.25, 0.3) is 0 Å². The molecule has 0 aromatic heterocycles. The van der Waals surface area contributed by atoms with Gasteiger partial charge in [0.2, 0.25) is 5.91 Å². The number of sulfonamides is 1. The number of nitrogens with one attached hydrogen (secondary N) is 1. The zero-order valence-corrected chi connectivity index (χ0v) is 14.9. The summed E-state index contributed by atoms with van der Waals surface area (Å²) in [5.41, 5.74) is 3.04. The molecule has 24 heavy (non-hydrogen) atoms. The number of nitrogens with zero attached hydrogens (tertiary/aromatic N) is 1. The van der Waals surface area contributed by atoms with Crippen molar-refractivity contribution in [2.45, 2.75) is 24.7 Å². The van der Waals surface area contributed by atoms with Crippen LogP contribution in [0.15, 0.2) is 41.3 Å². The van der Waals surface area contributed by atoms with Crippen LogP contribution in [0.2, 0.25) is 5.02 Å². The molecule has 0 aliphatic carbocycles. The molecule has 0 bridgehead atoms. The average molecular weight is 365 g/mol. The molecular formula is C17H17ClN2O3S. The molecule has 0 spiro atoms. The van der Waals surface area contributed by atoms with E-state index in [1.165, 1.54) is 12.1 Å². The predicted octanol–water partition coefficient (Wildman–Crippen LogP) is 3.36. The Morgan fingerprint density at radius 3 is 2.58 bits per heavy atom. The summed E-state index contributed by atoms with van der Waals surface area (Å²) in [6.45, 7) is 1.81. The minimum absolute atomic E-state index is 0.0603. The van der Waals surface area contributed by atoms with Gasteiger partial charge in [0, 0.05) is 29.9 Å². The second-order valence-corrected chi connectivity index (χ2v) is 7.90. The van der Waals surface area contributed by atoms with E-state index in [-0.39, 0.29) is 10.8 Å². The molecule has 2 aromatic carbocycles. The first-order valence-corrected chi connectivity index (χ1v) is 9.32. The third-order valence-corrected chi connectivity index (χ3v) is 5.92. The lowest BCUT2D eigenvalue weighted by molar-refractivity contribution is -0.118. The predicted molar refractivity (Wildman–Crippen MR) is 95.2 cm³/mol. The number of halogens is 1. The zero-order chi connectivity index (χ0) is 17.5. The number of carbonyl (C=O) groups excluding carboxylic acids is 1. The quantitative estimate of drug-likeness (QED) is 0.908. The highest BCUT2D eigenvalue weighted by Gasteiger charge is 2.22. The molecule has 0 unspecified atom stereocenters. The van der Waals surface area contributed by atoms with E-state index < -0.39 is 10.0 Å². The first-order chi connectivity index (χ1) is 11.3. The van der Waals surface area contributed by atoms with Crippen molar-refractivity contribution in [3.63, 3.8) is 0 Å². The van der Waals surface area contributed by atoms with E-state index in [9.17, 15) is 13.2 Å². The lowest BCUT2D eigenvalue weighted by Crippen LogP contribution is -2.31. The van der Waals surface area contributed by atoms with Gasteiger partial charge in [-0.3, -0.25) is 9.52 Å². The Balaban J connectivity index is 1.90. The van der Waals surface area contributed by atoms with Crippen LogP contribution in [0.4, 0.5) is 11.4 Å². The van der Waals surface area contributed by atoms with E-state index in [2.05, 4.69) is 4.72 Å². The van der Waals surface area contributed by atoms with Crippen LogP contribution in [0.5, 0.6) is 0 Å². The Labute approximate surface area is 146 Å². The largest absolute Gasteiger partial charge is 0.315 e. The number of aryl methyl sites for hydroxylation is 2. The van der Waals surface area contributed by atoms with Gasteiger partial charge >= 0.3 is 0 Å². The first-order valence-electron chi connectivity index (χ1n) is 7.46. The molecule has 1 aliphatic heterocycles. The van der Waals surface area contributed by atoms with E-state index in [4.69, 9.17) is 11.6 Å². The van der Waals surface area contributed by atoms with E-state index in [1.54, 1.807) is 36.2 Å². The average Bonchev–Trinajstić information content (AvgIpc) is 2.53. The van der Waals surface area contributed by atoms with Crippen LogP contribution in [0.3, 0.4) is 0 Å². The molecule has 3 rings (SSSR count). The van der Waals surface area contributed by atoms with E-state index in [0.29, 0.717) is 23.6 Å². The molecule has 1 amide bonds. The van der Waals surface area contributed by atoms with Crippen molar-refractivity contribution in [2.75, 3.05) is 16.7 Å². The minimum Gasteiger partial charge on any atom is -0.315 e. The summed E-state index contributed by atoms with van der Waals surface area (Å²) >= 11 is 6.02. The van der Waals surface area contributed by atoms with Crippen molar-refractivity contribution in [1.82, 2.24) is 0 Å². The topological polar surface area (TPSA) is 66.5 Å². The highest BCUT2D eigenvalue weighted by molar-refractivity contribution is 7.92. The number of hydrogen-bond donors (Lipinski definition) is 1. The van der Waals surface area contributed by atoms with Crippen molar-refractivity contribution in [3.8, 4) is 0 Å². The summed E-state index contributed by atoms with van der Waals surface area (Å²) in [5.74, 6) is 0.0603. The van der Waals surface area contributed by atoms with Crippen molar-refractivity contribution in [3.05, 3.63) is 52.5 Å². The van der Waals surface area contributed by atoms with Gasteiger partial charge in [0.05, 0.1) is 4.90 Å². The van der Waals surface area contributed by atoms with E-state index >= 15 is 0 Å². The Bertz CT molecular complexity index is 925. The number of amides is 1. The van der Waals surface area contributed by atoms with Gasteiger partial charge < -0.3 is 4.90 Å². The van der Waals surface area contributed by atoms with Gasteiger partial charge in [-0.1, -0.05) is 17.7 Å². The van der Waals surface area contributed by atoms with Gasteiger partial charge in [-0.15, -0.1) is 0 Å². The maximum Gasteiger partial charge on any atom is 0.261 e. The maximum absolute atomic E-state index is 12.5. The number of anilines is 2. The molecule has 1 N–H and O–H groups in total. The summed E-state index contributed by atoms with van der Waals surface area (Å²) in [6.07, 6.45) is 1.03. The molecule has 1 aliphatic rings. The standard InChI is InChI=1S/C17H17ClN2O3S/c1-11-3-6-14(10-15(11)18)24(22,23)19-13-5-7-16-12(9-13)4-8-17(21)20(16)2/h3,5-7,9-10,19H,4,8H2,1-2H3. The molecule has 0 fully saturated rings. The summed E-state index contributed by atoms with van der Waals surface area (Å²) in [5, 5.41) is 0.406. The van der Waals surface area contributed by atoms with E-state index in [0.717, 1.165) is 16.8 Å². The van der Waals surface area contributed by atoms with Crippen molar-refractivity contribution >= 4 is 38.9 Å². The van der Waals surface area contributed by atoms with Gasteiger partial charge in [0.1, 0.15) is 0 Å². The highest BCUT2D eigenvalue weighted by atomic mass is 35.5. The lowest BCUT2D eigenvalue weighted by Gasteiger charge is -2.26. The fourth-order valence-corrected chi connectivity index (χ4v) is 4.00. The smallest absolute Gasteiger partial charge is 0.261 e. The molecule has 0 saturated carbocycles. The van der Waals surface area contributed by atoms with Crippen molar-refractivity contribution < 1.29 is 13.2 Å². The first kappa shape index (κ1) is 16.8. The second kappa shape index (κ2) is 6.11. The Morgan fingerprint density at radius 1 is 1.12 bits per heavy atom. The normalized spacial score (nSPS) is 14.5. The van der Waals surface area contributed by atoms with Gasteiger partial charge in [-0.2, -0.15) is 0 Å². The number of fused-ring (bicyclic) bond motifs is 1. The zero-order valence-electron chi connectivity index (χ0n) is 13.3. The molecule has 2 aromatic rings. The number of hydrogen-bond acceptors (Lipinski definition) is 3. The number of benzene rings is 2. The van der Waals surface area contributed by atoms with Crippen molar-refractivity contribution in [1.29, 1.82) is 0 Å². The summed E-state index contributed by atoms with van der Waals surface area (Å²) < 4.78 is 27.6. The SMILES string of the molecule is Cc1ccc(S(=O)(=O)Nc2ccc3c(c2)CCC(=O)N3C)cc1Cl. The van der Waals surface area contributed by atoms with Crippen LogP contribution < -0.4 is 9.62 Å². The third kappa shape index (κ3) is 3.12. The van der Waals surface area contributed by atoms with Crippen LogP contribution in [0.1, 0.15) is 17.5 Å². The van der Waals surface area contributed by atoms with Crippen LogP contribution in [-0.4, -0.2) is 21.4 Å². The van der Waals surface area contributed by atoms with Gasteiger partial charge in [0.15, 0.2) is 0 Å². The lowest BCUT2D eigenvalue weighted by atomic mass is 10.0. The van der Waals surface area contributed by atoms with Gasteiger partial charge in [-0.05, 0) is 54.8 Å². The Kier molecular flexibility index (Phi) is 4.27. The molecule has 126 valence electrons. The summed E-state index contributed by atoms with van der Waals surface area (Å²) in [7, 11) is -2.00. The molecule has 7 heteroatoms. The molecule has 5 nitrogen and oxygen atoms in total.